The lowest BCUT2D eigenvalue weighted by molar-refractivity contribution is 0.944. The highest BCUT2D eigenvalue weighted by atomic mass is 79.9. The monoisotopic (exact) mass is 477 g/mol. The lowest BCUT2D eigenvalue weighted by Crippen LogP contribution is -2.06. The Morgan fingerprint density at radius 3 is 1.94 bits per heavy atom. The predicted molar refractivity (Wildman–Crippen MR) is 131 cm³/mol. The number of fused-ring (bicyclic) bond motifs is 3. The molecule has 0 unspecified atom stereocenters. The van der Waals surface area contributed by atoms with Crippen LogP contribution in [0.25, 0.3) is 50.7 Å². The summed E-state index contributed by atoms with van der Waals surface area (Å²) in [6, 6.07) is 30.2. The molecule has 0 saturated heterocycles. The zero-order valence-corrected chi connectivity index (χ0v) is 18.4. The number of rotatable bonds is 3. The van der Waals surface area contributed by atoms with Crippen LogP contribution in [0.1, 0.15) is 0 Å². The van der Waals surface area contributed by atoms with Crippen LogP contribution in [-0.4, -0.2) is 24.5 Å². The fourth-order valence-corrected chi connectivity index (χ4v) is 4.27. The summed E-state index contributed by atoms with van der Waals surface area (Å²) in [6.07, 6.45) is 1.80. The zero-order chi connectivity index (χ0) is 21.5. The third kappa shape index (κ3) is 3.16. The van der Waals surface area contributed by atoms with Crippen molar-refractivity contribution in [3.8, 4) is 28.7 Å². The molecule has 3 aromatic heterocycles. The summed E-state index contributed by atoms with van der Waals surface area (Å²) in [5.74, 6) is 1.78. The first kappa shape index (κ1) is 18.8. The van der Waals surface area contributed by atoms with Gasteiger partial charge in [-0.2, -0.15) is 9.97 Å². The molecule has 0 spiro atoms. The Hall–Kier alpha value is -3.90. The Bertz CT molecular complexity index is 1520. The molecule has 0 radical (unpaired) electrons. The van der Waals surface area contributed by atoms with E-state index in [9.17, 15) is 0 Å². The molecule has 0 N–H and O–H groups in total. The van der Waals surface area contributed by atoms with Crippen molar-refractivity contribution in [2.45, 2.75) is 0 Å². The number of benzene rings is 3. The molecule has 0 bridgehead atoms. The van der Waals surface area contributed by atoms with Gasteiger partial charge >= 0.3 is 0 Å². The van der Waals surface area contributed by atoms with Crippen molar-refractivity contribution >= 4 is 37.9 Å². The third-order valence-electron chi connectivity index (χ3n) is 5.38. The molecule has 5 nitrogen and oxygen atoms in total. The zero-order valence-electron chi connectivity index (χ0n) is 16.9. The van der Waals surface area contributed by atoms with Crippen LogP contribution in [0.5, 0.6) is 0 Å². The molecule has 6 rings (SSSR count). The largest absolute Gasteiger partial charge is 0.262 e. The van der Waals surface area contributed by atoms with Crippen molar-refractivity contribution in [1.29, 1.82) is 0 Å². The van der Waals surface area contributed by atoms with Gasteiger partial charge in [0.05, 0.1) is 5.52 Å². The number of halogens is 1. The van der Waals surface area contributed by atoms with Gasteiger partial charge in [-0.05, 0) is 24.3 Å². The highest BCUT2D eigenvalue weighted by Gasteiger charge is 2.18. The van der Waals surface area contributed by atoms with Gasteiger partial charge in [0, 0.05) is 32.6 Å². The Kier molecular flexibility index (Phi) is 4.51. The predicted octanol–water partition coefficient (Wildman–Crippen LogP) is 6.46. The molecule has 32 heavy (non-hydrogen) atoms. The van der Waals surface area contributed by atoms with Gasteiger partial charge in [0.1, 0.15) is 5.65 Å². The molecule has 0 aliphatic rings. The molecule has 152 valence electrons. The van der Waals surface area contributed by atoms with Gasteiger partial charge in [0.25, 0.3) is 0 Å². The van der Waals surface area contributed by atoms with E-state index in [1.165, 1.54) is 0 Å². The summed E-state index contributed by atoms with van der Waals surface area (Å²) in [6.45, 7) is 0. The highest BCUT2D eigenvalue weighted by molar-refractivity contribution is 9.10. The smallest absolute Gasteiger partial charge is 0.240 e. The van der Waals surface area contributed by atoms with Crippen molar-refractivity contribution in [1.82, 2.24) is 24.5 Å². The van der Waals surface area contributed by atoms with Crippen LogP contribution in [-0.2, 0) is 0 Å². The molecule has 0 aliphatic carbocycles. The van der Waals surface area contributed by atoms with Crippen LogP contribution in [0.15, 0.2) is 102 Å². The van der Waals surface area contributed by atoms with Gasteiger partial charge < -0.3 is 0 Å². The average molecular weight is 478 g/mol. The van der Waals surface area contributed by atoms with E-state index in [0.29, 0.717) is 17.6 Å². The van der Waals surface area contributed by atoms with E-state index in [4.69, 9.17) is 15.0 Å². The minimum Gasteiger partial charge on any atom is -0.262 e. The Balaban J connectivity index is 1.70. The van der Waals surface area contributed by atoms with Crippen LogP contribution >= 0.6 is 15.9 Å². The van der Waals surface area contributed by atoms with Gasteiger partial charge in [0.2, 0.25) is 5.95 Å². The highest BCUT2D eigenvalue weighted by Crippen LogP contribution is 2.32. The second-order valence-electron chi connectivity index (χ2n) is 7.39. The Labute approximate surface area is 192 Å². The fraction of sp³-hybridized carbons (Fsp3) is 0. The Morgan fingerprint density at radius 1 is 0.625 bits per heavy atom. The van der Waals surface area contributed by atoms with E-state index in [-0.39, 0.29) is 0 Å². The number of aromatic nitrogens is 5. The first-order chi connectivity index (χ1) is 15.8. The number of hydrogen-bond donors (Lipinski definition) is 0. The lowest BCUT2D eigenvalue weighted by Gasteiger charge is -2.10. The second kappa shape index (κ2) is 7.66. The van der Waals surface area contributed by atoms with Gasteiger partial charge in [-0.15, -0.1) is 0 Å². The fourth-order valence-electron chi connectivity index (χ4n) is 3.92. The molecular formula is C26H16BrN5. The quantitative estimate of drug-likeness (QED) is 0.293. The molecule has 3 aromatic carbocycles. The molecule has 0 atom stereocenters. The van der Waals surface area contributed by atoms with E-state index in [2.05, 4.69) is 39.1 Å². The van der Waals surface area contributed by atoms with Gasteiger partial charge in [0.15, 0.2) is 11.6 Å². The van der Waals surface area contributed by atoms with Crippen LogP contribution in [0.2, 0.25) is 0 Å². The van der Waals surface area contributed by atoms with Crippen LogP contribution in [0, 0.1) is 0 Å². The van der Waals surface area contributed by atoms with Crippen LogP contribution in [0.3, 0.4) is 0 Å². The maximum atomic E-state index is 4.89. The number of pyridine rings is 1. The maximum absolute atomic E-state index is 4.89. The summed E-state index contributed by atoms with van der Waals surface area (Å²) >= 11 is 3.61. The normalized spacial score (nSPS) is 11.3. The number of nitrogens with zero attached hydrogens (tertiary/aromatic N) is 5. The molecule has 0 amide bonds. The summed E-state index contributed by atoms with van der Waals surface area (Å²) < 4.78 is 2.99. The van der Waals surface area contributed by atoms with Crippen LogP contribution in [0.4, 0.5) is 0 Å². The van der Waals surface area contributed by atoms with Crippen molar-refractivity contribution in [2.24, 2.45) is 0 Å². The molecular weight excluding hydrogens is 462 g/mol. The van der Waals surface area contributed by atoms with Crippen molar-refractivity contribution in [3.63, 3.8) is 0 Å². The van der Waals surface area contributed by atoms with E-state index >= 15 is 0 Å². The average Bonchev–Trinajstić information content (AvgIpc) is 3.18. The SMILES string of the molecule is Brc1ccc2c3cccnc3n(-c3nc(-c4ccccc4)nc(-c4ccccc4)n3)c2c1. The minimum absolute atomic E-state index is 0.537. The first-order valence-corrected chi connectivity index (χ1v) is 11.0. The molecule has 0 aliphatic heterocycles. The lowest BCUT2D eigenvalue weighted by atomic mass is 10.2. The summed E-state index contributed by atoms with van der Waals surface area (Å²) in [4.78, 5) is 19.2. The Morgan fingerprint density at radius 2 is 1.28 bits per heavy atom. The standard InChI is InChI=1S/C26H16BrN5/c27-19-13-14-20-21-12-7-15-28-25(21)32(22(20)16-19)26-30-23(17-8-3-1-4-9-17)29-24(31-26)18-10-5-2-6-11-18/h1-16H. The summed E-state index contributed by atoms with van der Waals surface area (Å²) in [7, 11) is 0. The first-order valence-electron chi connectivity index (χ1n) is 10.2. The van der Waals surface area contributed by atoms with E-state index < -0.39 is 0 Å². The molecule has 0 saturated carbocycles. The summed E-state index contributed by atoms with van der Waals surface area (Å²) in [5, 5.41) is 2.15. The van der Waals surface area contributed by atoms with E-state index in [1.54, 1.807) is 6.20 Å². The maximum Gasteiger partial charge on any atom is 0.240 e. The third-order valence-corrected chi connectivity index (χ3v) is 5.87. The molecule has 3 heterocycles. The second-order valence-corrected chi connectivity index (χ2v) is 8.30. The van der Waals surface area contributed by atoms with E-state index in [0.717, 1.165) is 37.5 Å². The molecule has 0 fully saturated rings. The van der Waals surface area contributed by atoms with E-state index in [1.807, 2.05) is 77.4 Å². The number of hydrogen-bond acceptors (Lipinski definition) is 4. The van der Waals surface area contributed by atoms with Gasteiger partial charge in [-0.1, -0.05) is 82.7 Å². The van der Waals surface area contributed by atoms with Gasteiger partial charge in [-0.3, -0.25) is 4.57 Å². The molecule has 6 heteroatoms. The molecule has 6 aromatic rings. The van der Waals surface area contributed by atoms with Crippen LogP contribution < -0.4 is 0 Å². The summed E-state index contributed by atoms with van der Waals surface area (Å²) in [5.41, 5.74) is 3.66. The van der Waals surface area contributed by atoms with Crippen molar-refractivity contribution < 1.29 is 0 Å². The topological polar surface area (TPSA) is 56.5 Å². The van der Waals surface area contributed by atoms with Crippen molar-refractivity contribution in [2.75, 3.05) is 0 Å². The minimum atomic E-state index is 0.537. The van der Waals surface area contributed by atoms with Crippen molar-refractivity contribution in [3.05, 3.63) is 102 Å². The van der Waals surface area contributed by atoms with Gasteiger partial charge in [-0.25, -0.2) is 9.97 Å².